The molecule has 3 aliphatic carbocycles. The molecule has 0 spiro atoms. The quantitative estimate of drug-likeness (QED) is 0.0942. The zero-order valence-corrected chi connectivity index (χ0v) is 25.9. The number of aliphatic imine (C=N–C) groups is 1. The Bertz CT molecular complexity index is 736. The van der Waals surface area contributed by atoms with Crippen molar-refractivity contribution in [2.75, 3.05) is 20.5 Å². The van der Waals surface area contributed by atoms with Crippen molar-refractivity contribution < 1.29 is 29.2 Å². The van der Waals surface area contributed by atoms with Gasteiger partial charge in [-0.25, -0.2) is 4.79 Å². The molecule has 7 heteroatoms. The summed E-state index contributed by atoms with van der Waals surface area (Å²) < 4.78 is 16.3. The summed E-state index contributed by atoms with van der Waals surface area (Å²) in [5.41, 5.74) is -0.475. The van der Waals surface area contributed by atoms with Crippen molar-refractivity contribution in [3.63, 3.8) is 0 Å². The fourth-order valence-electron chi connectivity index (χ4n) is 6.70. The molecule has 0 unspecified atom stereocenters. The van der Waals surface area contributed by atoms with E-state index in [9.17, 15) is 15.0 Å². The molecule has 3 aliphatic rings. The predicted molar refractivity (Wildman–Crippen MR) is 157 cm³/mol. The van der Waals surface area contributed by atoms with E-state index >= 15 is 0 Å². The highest BCUT2D eigenvalue weighted by atomic mass is 16.7. The van der Waals surface area contributed by atoms with Crippen LogP contribution in [0.1, 0.15) is 131 Å². The van der Waals surface area contributed by atoms with Crippen LogP contribution in [-0.4, -0.2) is 66.3 Å². The summed E-state index contributed by atoms with van der Waals surface area (Å²) in [6.45, 7) is 10.4. The summed E-state index contributed by atoms with van der Waals surface area (Å²) in [7, 11) is 1.55. The van der Waals surface area contributed by atoms with Crippen LogP contribution in [0.15, 0.2) is 4.99 Å². The Kier molecular flexibility index (Phi) is 14.9. The number of rotatable bonds is 21. The van der Waals surface area contributed by atoms with Crippen LogP contribution in [0.25, 0.3) is 0 Å². The Hall–Kier alpha value is -1.02. The van der Waals surface area contributed by atoms with Gasteiger partial charge in [0.15, 0.2) is 6.04 Å². The lowest BCUT2D eigenvalue weighted by Gasteiger charge is -2.62. The second kappa shape index (κ2) is 17.1. The van der Waals surface area contributed by atoms with Gasteiger partial charge in [0.1, 0.15) is 18.5 Å². The molecule has 2 N–H and O–H groups in total. The molecule has 3 saturated carbocycles. The Morgan fingerprint density at radius 3 is 2.03 bits per heavy atom. The number of unbranched alkanes of at least 4 members (excludes halogenated alkanes) is 11. The van der Waals surface area contributed by atoms with E-state index in [4.69, 9.17) is 19.2 Å². The molecule has 3 fully saturated rings. The number of hydrogen-bond acceptors (Lipinski definition) is 7. The number of esters is 1. The molecule has 0 saturated heterocycles. The molecule has 0 heterocycles. The standard InChI is InChI=1S/C32H59NO6/c1-7-9-10-11-12-13-14-15-16-17-18-19-20-25(39-23-37-6)29(34)28(30(35)38-8-2)33-27-22-24-21-26(31(24,3)4)32(27,5)36/h24-26,28-29,34,36H,7-23H2,1-6H3/t24-,25-,26-,28-,29-,32-/m1/s1. The molecule has 39 heavy (non-hydrogen) atoms. The van der Waals surface area contributed by atoms with Gasteiger partial charge in [-0.2, -0.15) is 0 Å². The average molecular weight is 554 g/mol. The number of fused-ring (bicyclic) bond motifs is 2. The Balaban J connectivity index is 1.92. The number of hydrogen-bond donors (Lipinski definition) is 2. The maximum Gasteiger partial charge on any atom is 0.333 e. The van der Waals surface area contributed by atoms with E-state index in [0.29, 0.717) is 24.5 Å². The molecule has 228 valence electrons. The first-order chi connectivity index (χ1) is 18.6. The number of aliphatic hydroxyl groups excluding tert-OH is 1. The molecule has 0 aromatic heterocycles. The van der Waals surface area contributed by atoms with E-state index in [1.165, 1.54) is 57.8 Å². The molecule has 0 aromatic rings. The van der Waals surface area contributed by atoms with Crippen molar-refractivity contribution in [3.05, 3.63) is 0 Å². The molecule has 6 atom stereocenters. The van der Waals surface area contributed by atoms with Gasteiger partial charge < -0.3 is 24.4 Å². The van der Waals surface area contributed by atoms with E-state index < -0.39 is 29.8 Å². The molecular weight excluding hydrogens is 494 g/mol. The minimum Gasteiger partial charge on any atom is -0.464 e. The highest BCUT2D eigenvalue weighted by Crippen LogP contribution is 2.61. The summed E-state index contributed by atoms with van der Waals surface area (Å²) in [4.78, 5) is 17.7. The van der Waals surface area contributed by atoms with Crippen molar-refractivity contribution >= 4 is 11.7 Å². The monoisotopic (exact) mass is 553 g/mol. The zero-order chi connectivity index (χ0) is 28.9. The summed E-state index contributed by atoms with van der Waals surface area (Å²) in [6.07, 6.45) is 15.4. The van der Waals surface area contributed by atoms with Crippen molar-refractivity contribution in [1.82, 2.24) is 0 Å². The van der Waals surface area contributed by atoms with Crippen LogP contribution in [0.2, 0.25) is 0 Å². The summed E-state index contributed by atoms with van der Waals surface area (Å²) >= 11 is 0. The number of methoxy groups -OCH3 is 1. The van der Waals surface area contributed by atoms with Gasteiger partial charge in [-0.05, 0) is 50.4 Å². The lowest BCUT2D eigenvalue weighted by molar-refractivity contribution is -0.156. The molecule has 2 bridgehead atoms. The summed E-state index contributed by atoms with van der Waals surface area (Å²) in [5, 5.41) is 22.8. The van der Waals surface area contributed by atoms with Gasteiger partial charge >= 0.3 is 5.97 Å². The number of nitrogens with zero attached hydrogens (tertiary/aromatic N) is 1. The minimum absolute atomic E-state index is 0.0299. The zero-order valence-electron chi connectivity index (χ0n) is 25.9. The maximum atomic E-state index is 13.0. The van der Waals surface area contributed by atoms with E-state index in [-0.39, 0.29) is 24.7 Å². The van der Waals surface area contributed by atoms with Crippen LogP contribution >= 0.6 is 0 Å². The smallest absolute Gasteiger partial charge is 0.333 e. The van der Waals surface area contributed by atoms with Gasteiger partial charge in [0.25, 0.3) is 0 Å². The fraction of sp³-hybridized carbons (Fsp3) is 0.938. The number of ether oxygens (including phenoxy) is 3. The van der Waals surface area contributed by atoms with Crippen LogP contribution in [0, 0.1) is 17.3 Å². The normalized spacial score (nSPS) is 27.1. The number of carbonyl (C=O) groups is 1. The largest absolute Gasteiger partial charge is 0.464 e. The fourth-order valence-corrected chi connectivity index (χ4v) is 6.70. The van der Waals surface area contributed by atoms with Gasteiger partial charge in [0.2, 0.25) is 0 Å². The van der Waals surface area contributed by atoms with Crippen LogP contribution < -0.4 is 0 Å². The third-order valence-corrected chi connectivity index (χ3v) is 9.44. The average Bonchev–Trinajstić information content (AvgIpc) is 2.89. The van der Waals surface area contributed by atoms with Gasteiger partial charge in [0, 0.05) is 12.8 Å². The van der Waals surface area contributed by atoms with Gasteiger partial charge in [-0.3, -0.25) is 4.99 Å². The molecular formula is C32H59NO6. The van der Waals surface area contributed by atoms with Crippen molar-refractivity contribution in [2.24, 2.45) is 22.2 Å². The van der Waals surface area contributed by atoms with Crippen molar-refractivity contribution in [3.8, 4) is 0 Å². The van der Waals surface area contributed by atoms with E-state index in [1.807, 2.05) is 0 Å². The second-order valence-electron chi connectivity index (χ2n) is 12.7. The highest BCUT2D eigenvalue weighted by molar-refractivity contribution is 5.96. The first kappa shape index (κ1) is 34.2. The van der Waals surface area contributed by atoms with Crippen LogP contribution in [-0.2, 0) is 19.0 Å². The molecule has 0 aromatic carbocycles. The van der Waals surface area contributed by atoms with E-state index in [0.717, 1.165) is 25.7 Å². The van der Waals surface area contributed by atoms with Crippen LogP contribution in [0.5, 0.6) is 0 Å². The Labute approximate surface area is 238 Å². The lowest BCUT2D eigenvalue weighted by Crippen LogP contribution is -2.65. The van der Waals surface area contributed by atoms with E-state index in [1.54, 1.807) is 21.0 Å². The van der Waals surface area contributed by atoms with Crippen molar-refractivity contribution in [1.29, 1.82) is 0 Å². The SMILES string of the molecule is CCCCCCCCCCCCCC[C@@H](OCOC)[C@@H](O)[C@@H](N=C1C[C@H]2C[C@H](C2(C)C)[C@@]1(C)O)C(=O)OCC. The van der Waals surface area contributed by atoms with Crippen molar-refractivity contribution in [2.45, 2.75) is 155 Å². The van der Waals surface area contributed by atoms with Crippen LogP contribution in [0.4, 0.5) is 0 Å². The molecule has 0 aliphatic heterocycles. The van der Waals surface area contributed by atoms with Gasteiger partial charge in [-0.1, -0.05) is 97.8 Å². The highest BCUT2D eigenvalue weighted by Gasteiger charge is 2.62. The Morgan fingerprint density at radius 2 is 1.54 bits per heavy atom. The molecule has 0 amide bonds. The lowest BCUT2D eigenvalue weighted by atomic mass is 9.44. The van der Waals surface area contributed by atoms with E-state index in [2.05, 4.69) is 20.8 Å². The van der Waals surface area contributed by atoms with Crippen LogP contribution in [0.3, 0.4) is 0 Å². The number of carbonyl (C=O) groups excluding carboxylic acids is 1. The molecule has 3 rings (SSSR count). The molecule has 0 radical (unpaired) electrons. The van der Waals surface area contributed by atoms with Gasteiger partial charge in [-0.15, -0.1) is 0 Å². The topological polar surface area (TPSA) is 97.6 Å². The first-order valence-corrected chi connectivity index (χ1v) is 15.9. The second-order valence-corrected chi connectivity index (χ2v) is 12.7. The predicted octanol–water partition coefficient (Wildman–Crippen LogP) is 6.62. The summed E-state index contributed by atoms with van der Waals surface area (Å²) in [6, 6.07) is -1.13. The van der Waals surface area contributed by atoms with Gasteiger partial charge in [0.05, 0.1) is 12.7 Å². The maximum absolute atomic E-state index is 13.0. The third kappa shape index (κ3) is 9.79. The molecule has 7 nitrogen and oxygen atoms in total. The third-order valence-electron chi connectivity index (χ3n) is 9.44. The number of aliphatic hydroxyl groups is 2. The Morgan fingerprint density at radius 1 is 0.974 bits per heavy atom. The summed E-state index contributed by atoms with van der Waals surface area (Å²) in [5.74, 6) is -0.0698. The first-order valence-electron chi connectivity index (χ1n) is 15.9. The minimum atomic E-state index is -1.18.